The molecule has 0 saturated heterocycles. The number of rotatable bonds is 3. The zero-order chi connectivity index (χ0) is 20.8. The average molecular weight is 406 g/mol. The Kier molecular flexibility index (Phi) is 4.37. The number of hydrogen-bond acceptors (Lipinski definition) is 3. The first-order valence-corrected chi connectivity index (χ1v) is 8.27. The van der Waals surface area contributed by atoms with Gasteiger partial charge in [-0.25, -0.2) is 8.78 Å². The Morgan fingerprint density at radius 2 is 1.55 bits per heavy atom. The smallest absolute Gasteiger partial charge is 0.406 e. The van der Waals surface area contributed by atoms with Gasteiger partial charge in [-0.15, -0.1) is 13.2 Å². The molecule has 0 aliphatic rings. The second-order valence-electron chi connectivity index (χ2n) is 6.22. The maximum Gasteiger partial charge on any atom is 0.573 e. The van der Waals surface area contributed by atoms with Crippen molar-refractivity contribution in [2.24, 2.45) is 0 Å². The van der Waals surface area contributed by atoms with Gasteiger partial charge in [-0.3, -0.25) is 4.79 Å². The van der Waals surface area contributed by atoms with Crippen LogP contribution in [0.15, 0.2) is 59.4 Å². The molecule has 0 aliphatic carbocycles. The van der Waals surface area contributed by atoms with E-state index < -0.39 is 23.4 Å². The topological polar surface area (TPSA) is 54.1 Å². The Morgan fingerprint density at radius 3 is 2.24 bits per heavy atom. The molecular formula is C20H11F5N2O2. The standard InChI is InChI=1S/C20H11F5N2O2/c21-10-7-15(22)18-17(8-10)27-16-9-12(3-6-14(16)19(18)28)26-11-1-4-13(5-2-11)29-20(23,24)25/h1-9,26H,(H,27,28). The van der Waals surface area contributed by atoms with Crippen LogP contribution in [0.25, 0.3) is 21.8 Å². The van der Waals surface area contributed by atoms with E-state index in [2.05, 4.69) is 15.0 Å². The van der Waals surface area contributed by atoms with Gasteiger partial charge in [-0.1, -0.05) is 0 Å². The molecule has 0 spiro atoms. The maximum atomic E-state index is 14.0. The number of hydrogen-bond donors (Lipinski definition) is 2. The Labute approximate surface area is 159 Å². The Morgan fingerprint density at radius 1 is 0.862 bits per heavy atom. The van der Waals surface area contributed by atoms with Gasteiger partial charge in [0, 0.05) is 22.8 Å². The van der Waals surface area contributed by atoms with Gasteiger partial charge in [0.05, 0.1) is 16.4 Å². The number of halogens is 5. The summed E-state index contributed by atoms with van der Waals surface area (Å²) in [6, 6.07) is 11.3. The van der Waals surface area contributed by atoms with Crippen LogP contribution in [0.1, 0.15) is 0 Å². The summed E-state index contributed by atoms with van der Waals surface area (Å²) < 4.78 is 67.9. The van der Waals surface area contributed by atoms with Crippen LogP contribution in [0.2, 0.25) is 0 Å². The van der Waals surface area contributed by atoms with Crippen LogP contribution in [0.3, 0.4) is 0 Å². The minimum absolute atomic E-state index is 0.0193. The van der Waals surface area contributed by atoms with Crippen LogP contribution in [0.4, 0.5) is 33.3 Å². The van der Waals surface area contributed by atoms with E-state index in [0.29, 0.717) is 23.0 Å². The van der Waals surface area contributed by atoms with E-state index in [9.17, 15) is 26.7 Å². The van der Waals surface area contributed by atoms with Crippen molar-refractivity contribution in [2.45, 2.75) is 6.36 Å². The highest BCUT2D eigenvalue weighted by Gasteiger charge is 2.30. The summed E-state index contributed by atoms with van der Waals surface area (Å²) in [7, 11) is 0. The molecule has 148 valence electrons. The fourth-order valence-electron chi connectivity index (χ4n) is 3.01. The van der Waals surface area contributed by atoms with Gasteiger partial charge < -0.3 is 15.0 Å². The van der Waals surface area contributed by atoms with Crippen molar-refractivity contribution >= 4 is 33.2 Å². The number of aromatic amines is 1. The predicted octanol–water partition coefficient (Wildman–Crippen LogP) is 5.60. The zero-order valence-electron chi connectivity index (χ0n) is 14.4. The van der Waals surface area contributed by atoms with Gasteiger partial charge in [-0.2, -0.15) is 0 Å². The lowest BCUT2D eigenvalue weighted by Crippen LogP contribution is -2.16. The molecule has 2 N–H and O–H groups in total. The van der Waals surface area contributed by atoms with E-state index in [-0.39, 0.29) is 22.0 Å². The number of nitrogens with one attached hydrogen (secondary N) is 2. The highest BCUT2D eigenvalue weighted by Crippen LogP contribution is 2.27. The highest BCUT2D eigenvalue weighted by atomic mass is 19.4. The van der Waals surface area contributed by atoms with Gasteiger partial charge in [-0.05, 0) is 48.5 Å². The van der Waals surface area contributed by atoms with E-state index in [4.69, 9.17) is 0 Å². The minimum atomic E-state index is -4.78. The van der Waals surface area contributed by atoms with E-state index >= 15 is 0 Å². The summed E-state index contributed by atoms with van der Waals surface area (Å²) in [5, 5.41) is 2.94. The number of ether oxygens (including phenoxy) is 1. The van der Waals surface area contributed by atoms with Crippen LogP contribution >= 0.6 is 0 Å². The largest absolute Gasteiger partial charge is 0.573 e. The van der Waals surface area contributed by atoms with E-state index in [1.807, 2.05) is 0 Å². The molecule has 0 radical (unpaired) electrons. The summed E-state index contributed by atoms with van der Waals surface area (Å²) in [6.07, 6.45) is -4.78. The zero-order valence-corrected chi connectivity index (χ0v) is 14.4. The number of alkyl halides is 3. The first-order chi connectivity index (χ1) is 13.7. The molecule has 4 rings (SSSR count). The molecular weight excluding hydrogens is 395 g/mol. The fourth-order valence-corrected chi connectivity index (χ4v) is 3.01. The van der Waals surface area contributed by atoms with Crippen molar-refractivity contribution in [3.05, 3.63) is 76.5 Å². The lowest BCUT2D eigenvalue weighted by atomic mass is 10.1. The molecule has 0 saturated carbocycles. The van der Waals surface area contributed by atoms with Gasteiger partial charge in [0.15, 0.2) is 5.43 Å². The number of pyridine rings is 1. The van der Waals surface area contributed by atoms with Crippen LogP contribution in [-0.2, 0) is 0 Å². The quantitative estimate of drug-likeness (QED) is 0.344. The second kappa shape index (κ2) is 6.77. The first kappa shape index (κ1) is 18.7. The lowest BCUT2D eigenvalue weighted by Gasteiger charge is -2.11. The van der Waals surface area contributed by atoms with Gasteiger partial charge in [0.2, 0.25) is 0 Å². The van der Waals surface area contributed by atoms with E-state index in [1.165, 1.54) is 18.2 Å². The molecule has 4 nitrogen and oxygen atoms in total. The Balaban J connectivity index is 1.69. The molecule has 1 heterocycles. The molecule has 1 aromatic heterocycles. The third-order valence-electron chi connectivity index (χ3n) is 4.19. The Bertz CT molecular complexity index is 1280. The molecule has 9 heteroatoms. The Hall–Kier alpha value is -3.62. The second-order valence-corrected chi connectivity index (χ2v) is 6.22. The van der Waals surface area contributed by atoms with E-state index in [0.717, 1.165) is 18.2 Å². The first-order valence-electron chi connectivity index (χ1n) is 8.27. The third-order valence-corrected chi connectivity index (χ3v) is 4.19. The highest BCUT2D eigenvalue weighted by molar-refractivity contribution is 5.94. The number of aromatic nitrogens is 1. The monoisotopic (exact) mass is 406 g/mol. The van der Waals surface area contributed by atoms with Gasteiger partial charge in [0.1, 0.15) is 17.4 Å². The number of H-pyrrole nitrogens is 1. The van der Waals surface area contributed by atoms with Crippen molar-refractivity contribution in [2.75, 3.05) is 5.32 Å². The van der Waals surface area contributed by atoms with Crippen molar-refractivity contribution in [3.63, 3.8) is 0 Å². The number of fused-ring (bicyclic) bond motifs is 2. The van der Waals surface area contributed by atoms with Crippen molar-refractivity contribution in [3.8, 4) is 5.75 Å². The summed E-state index contributed by atoms with van der Waals surface area (Å²) in [5.74, 6) is -2.13. The minimum Gasteiger partial charge on any atom is -0.406 e. The molecule has 0 unspecified atom stereocenters. The predicted molar refractivity (Wildman–Crippen MR) is 98.4 cm³/mol. The van der Waals surface area contributed by atoms with Crippen molar-refractivity contribution in [1.29, 1.82) is 0 Å². The molecule has 0 amide bonds. The average Bonchev–Trinajstić information content (AvgIpc) is 2.61. The maximum absolute atomic E-state index is 14.0. The summed E-state index contributed by atoms with van der Waals surface area (Å²) in [5.41, 5.74) is 0.764. The molecule has 0 bridgehead atoms. The SMILES string of the molecule is O=c1c2ccc(Nc3ccc(OC(F)(F)F)cc3)cc2[nH]c2cc(F)cc(F)c12. The van der Waals surface area contributed by atoms with Gasteiger partial charge >= 0.3 is 6.36 Å². The normalized spacial score (nSPS) is 11.8. The third kappa shape index (κ3) is 3.84. The molecule has 29 heavy (non-hydrogen) atoms. The molecule has 0 aliphatic heterocycles. The summed E-state index contributed by atoms with van der Waals surface area (Å²) in [6.45, 7) is 0. The number of benzene rings is 3. The lowest BCUT2D eigenvalue weighted by molar-refractivity contribution is -0.274. The van der Waals surface area contributed by atoms with Crippen molar-refractivity contribution < 1.29 is 26.7 Å². The van der Waals surface area contributed by atoms with Crippen LogP contribution in [0, 0.1) is 11.6 Å². The molecule has 4 aromatic rings. The van der Waals surface area contributed by atoms with Crippen LogP contribution in [0.5, 0.6) is 5.75 Å². The summed E-state index contributed by atoms with van der Waals surface area (Å²) >= 11 is 0. The van der Waals surface area contributed by atoms with E-state index in [1.54, 1.807) is 12.1 Å². The molecule has 3 aromatic carbocycles. The number of anilines is 2. The van der Waals surface area contributed by atoms with Crippen molar-refractivity contribution in [1.82, 2.24) is 4.98 Å². The molecule has 0 atom stereocenters. The fraction of sp³-hybridized carbons (Fsp3) is 0.0500. The summed E-state index contributed by atoms with van der Waals surface area (Å²) in [4.78, 5) is 15.4. The molecule has 0 fully saturated rings. The van der Waals surface area contributed by atoms with Crippen LogP contribution < -0.4 is 15.5 Å². The van der Waals surface area contributed by atoms with Gasteiger partial charge in [0.25, 0.3) is 0 Å². The van der Waals surface area contributed by atoms with Crippen LogP contribution in [-0.4, -0.2) is 11.3 Å².